The maximum Gasteiger partial charge on any atom is 0.300 e. The number of ketones is 1. The van der Waals surface area contributed by atoms with Gasteiger partial charge in [-0.25, -0.2) is 0 Å². The van der Waals surface area contributed by atoms with Crippen LogP contribution >= 0.6 is 0 Å². The smallest absolute Gasteiger partial charge is 0.300 e. The van der Waals surface area contributed by atoms with Crippen molar-refractivity contribution in [3.05, 3.63) is 119 Å². The third-order valence-corrected chi connectivity index (χ3v) is 6.79. The van der Waals surface area contributed by atoms with E-state index in [9.17, 15) is 14.7 Å². The number of rotatable bonds is 6. The van der Waals surface area contributed by atoms with Crippen LogP contribution in [-0.2, 0) is 16.2 Å². The zero-order valence-corrected chi connectivity index (χ0v) is 21.0. The molecule has 1 aromatic heterocycles. The number of anilines is 1. The number of Topliss-reactive ketones (excluding diaryl/α,β-unsaturated/α-hetero) is 1. The summed E-state index contributed by atoms with van der Waals surface area (Å²) in [6.45, 7) is 2.34. The van der Waals surface area contributed by atoms with Crippen molar-refractivity contribution in [3.8, 4) is 17.2 Å². The molecule has 8 heteroatoms. The molecule has 4 aromatic rings. The van der Waals surface area contributed by atoms with Crippen molar-refractivity contribution < 1.29 is 28.9 Å². The fraction of sp³-hybridized carbons (Fsp3) is 0.129. The average Bonchev–Trinajstić information content (AvgIpc) is 3.54. The molecule has 3 heterocycles. The minimum Gasteiger partial charge on any atom is -0.507 e. The zero-order chi connectivity index (χ0) is 26.9. The van der Waals surface area contributed by atoms with Crippen molar-refractivity contribution in [2.24, 2.45) is 0 Å². The van der Waals surface area contributed by atoms with Gasteiger partial charge in [-0.1, -0.05) is 30.3 Å². The van der Waals surface area contributed by atoms with E-state index in [4.69, 9.17) is 14.2 Å². The molecular formula is C31H24N2O6. The topological polar surface area (TPSA) is 98.2 Å². The second-order valence-corrected chi connectivity index (χ2v) is 9.24. The van der Waals surface area contributed by atoms with E-state index in [0.29, 0.717) is 40.7 Å². The van der Waals surface area contributed by atoms with E-state index < -0.39 is 17.7 Å². The molecule has 6 rings (SSSR count). The fourth-order valence-electron chi connectivity index (χ4n) is 4.84. The van der Waals surface area contributed by atoms with Crippen LogP contribution in [0.3, 0.4) is 0 Å². The van der Waals surface area contributed by atoms with Crippen LogP contribution in [0.1, 0.15) is 28.3 Å². The first-order valence-corrected chi connectivity index (χ1v) is 12.4. The van der Waals surface area contributed by atoms with Crippen LogP contribution in [0.5, 0.6) is 17.2 Å². The highest BCUT2D eigenvalue weighted by Gasteiger charge is 2.47. The monoisotopic (exact) mass is 520 g/mol. The molecule has 0 radical (unpaired) electrons. The van der Waals surface area contributed by atoms with Gasteiger partial charge in [0.2, 0.25) is 6.79 Å². The number of carbonyl (C=O) groups excluding carboxylic acids is 2. The van der Waals surface area contributed by atoms with Crippen LogP contribution in [-0.4, -0.2) is 28.6 Å². The second-order valence-electron chi connectivity index (χ2n) is 9.24. The molecule has 0 saturated carbocycles. The standard InChI is InChI=1S/C31H24N2O6/c1-19-15-22(7-9-24(19)37-17-20-5-3-2-4-6-20)29(34)27-28(21-11-13-32-14-12-21)33(31(36)30(27)35)23-8-10-25-26(16-23)39-18-38-25/h2-16,28,34H,17-18H2,1H3/b29-27+. The van der Waals surface area contributed by atoms with Crippen molar-refractivity contribution in [2.45, 2.75) is 19.6 Å². The summed E-state index contributed by atoms with van der Waals surface area (Å²) in [6.07, 6.45) is 3.16. The van der Waals surface area contributed by atoms with Gasteiger partial charge in [-0.05, 0) is 66.1 Å². The van der Waals surface area contributed by atoms with Gasteiger partial charge in [0.25, 0.3) is 11.7 Å². The first kappa shape index (κ1) is 24.2. The molecule has 194 valence electrons. The first-order valence-electron chi connectivity index (χ1n) is 12.4. The van der Waals surface area contributed by atoms with Crippen LogP contribution in [0.4, 0.5) is 5.69 Å². The third kappa shape index (κ3) is 4.46. The minimum atomic E-state index is -0.873. The Kier molecular flexibility index (Phi) is 6.20. The molecule has 0 bridgehead atoms. The number of ether oxygens (including phenoxy) is 3. The molecule has 3 aromatic carbocycles. The Labute approximate surface area is 224 Å². The van der Waals surface area contributed by atoms with E-state index in [1.165, 1.54) is 4.90 Å². The molecule has 39 heavy (non-hydrogen) atoms. The molecule has 1 fully saturated rings. The number of aliphatic hydroxyl groups is 1. The summed E-state index contributed by atoms with van der Waals surface area (Å²) in [6, 6.07) is 22.6. The molecule has 2 aliphatic heterocycles. The van der Waals surface area contributed by atoms with E-state index >= 15 is 0 Å². The van der Waals surface area contributed by atoms with Crippen molar-refractivity contribution >= 4 is 23.1 Å². The average molecular weight is 521 g/mol. The van der Waals surface area contributed by atoms with Gasteiger partial charge in [-0.15, -0.1) is 0 Å². The van der Waals surface area contributed by atoms with Crippen molar-refractivity contribution in [3.63, 3.8) is 0 Å². The number of nitrogens with zero attached hydrogens (tertiary/aromatic N) is 2. The maximum atomic E-state index is 13.4. The Balaban J connectivity index is 1.39. The molecular weight excluding hydrogens is 496 g/mol. The number of benzene rings is 3. The van der Waals surface area contributed by atoms with Crippen molar-refractivity contribution in [1.82, 2.24) is 4.98 Å². The predicted octanol–water partition coefficient (Wildman–Crippen LogP) is 5.32. The number of hydrogen-bond acceptors (Lipinski definition) is 7. The summed E-state index contributed by atoms with van der Waals surface area (Å²) in [5.41, 5.74) is 3.28. The second kappa shape index (κ2) is 9.98. The van der Waals surface area contributed by atoms with Crippen molar-refractivity contribution in [2.75, 3.05) is 11.7 Å². The Morgan fingerprint density at radius 1 is 0.974 bits per heavy atom. The van der Waals surface area contributed by atoms with Gasteiger partial charge in [0, 0.05) is 29.7 Å². The van der Waals surface area contributed by atoms with E-state index in [0.717, 1.165) is 11.1 Å². The number of pyridine rings is 1. The van der Waals surface area contributed by atoms with E-state index in [1.807, 2.05) is 37.3 Å². The largest absolute Gasteiger partial charge is 0.507 e. The maximum absolute atomic E-state index is 13.4. The Morgan fingerprint density at radius 2 is 1.74 bits per heavy atom. The van der Waals surface area contributed by atoms with Gasteiger partial charge in [-0.2, -0.15) is 0 Å². The number of amides is 1. The highest BCUT2D eigenvalue weighted by atomic mass is 16.7. The molecule has 1 unspecified atom stereocenters. The van der Waals surface area contributed by atoms with Crippen LogP contribution in [0.15, 0.2) is 96.8 Å². The lowest BCUT2D eigenvalue weighted by molar-refractivity contribution is -0.132. The molecule has 8 nitrogen and oxygen atoms in total. The number of hydrogen-bond donors (Lipinski definition) is 1. The van der Waals surface area contributed by atoms with Crippen LogP contribution in [0, 0.1) is 6.92 Å². The molecule has 0 spiro atoms. The summed E-state index contributed by atoms with van der Waals surface area (Å²) in [4.78, 5) is 32.3. The fourth-order valence-corrected chi connectivity index (χ4v) is 4.84. The normalized spacial score (nSPS) is 17.5. The highest BCUT2D eigenvalue weighted by molar-refractivity contribution is 6.51. The molecule has 1 N–H and O–H groups in total. The lowest BCUT2D eigenvalue weighted by Crippen LogP contribution is -2.29. The third-order valence-electron chi connectivity index (χ3n) is 6.79. The molecule has 1 amide bonds. The van der Waals surface area contributed by atoms with Crippen molar-refractivity contribution in [1.29, 1.82) is 0 Å². The SMILES string of the molecule is Cc1cc(/C(O)=C2\C(=O)C(=O)N(c3ccc4c(c3)OCO4)C2c2ccncc2)ccc1OCc1ccccc1. The van der Waals surface area contributed by atoms with Gasteiger partial charge < -0.3 is 19.3 Å². The Hall–Kier alpha value is -5.11. The van der Waals surface area contributed by atoms with Gasteiger partial charge in [0.15, 0.2) is 11.5 Å². The summed E-state index contributed by atoms with van der Waals surface area (Å²) in [5.74, 6) is -0.116. The summed E-state index contributed by atoms with van der Waals surface area (Å²) in [5, 5.41) is 11.5. The molecule has 0 aliphatic carbocycles. The zero-order valence-electron chi connectivity index (χ0n) is 21.0. The number of carbonyl (C=O) groups is 2. The molecule has 1 atom stereocenters. The van der Waals surface area contributed by atoms with Gasteiger partial charge >= 0.3 is 0 Å². The summed E-state index contributed by atoms with van der Waals surface area (Å²) in [7, 11) is 0. The lowest BCUT2D eigenvalue weighted by Gasteiger charge is -2.25. The number of aryl methyl sites for hydroxylation is 1. The van der Waals surface area contributed by atoms with Gasteiger partial charge in [-0.3, -0.25) is 19.5 Å². The number of aliphatic hydroxyl groups excluding tert-OH is 1. The quantitative estimate of drug-likeness (QED) is 0.209. The summed E-state index contributed by atoms with van der Waals surface area (Å²) >= 11 is 0. The van der Waals surface area contributed by atoms with Gasteiger partial charge in [0.1, 0.15) is 18.1 Å². The van der Waals surface area contributed by atoms with Gasteiger partial charge in [0.05, 0.1) is 11.6 Å². The molecule has 1 saturated heterocycles. The van der Waals surface area contributed by atoms with Crippen LogP contribution in [0.2, 0.25) is 0 Å². The highest BCUT2D eigenvalue weighted by Crippen LogP contribution is 2.45. The van der Waals surface area contributed by atoms with Crippen LogP contribution < -0.4 is 19.1 Å². The summed E-state index contributed by atoms with van der Waals surface area (Å²) < 4.78 is 16.9. The van der Waals surface area contributed by atoms with E-state index in [1.54, 1.807) is 60.9 Å². The number of aromatic nitrogens is 1. The van der Waals surface area contributed by atoms with E-state index in [-0.39, 0.29) is 18.1 Å². The Morgan fingerprint density at radius 3 is 2.51 bits per heavy atom. The Bertz CT molecular complexity index is 1600. The number of fused-ring (bicyclic) bond motifs is 1. The molecule has 2 aliphatic rings. The lowest BCUT2D eigenvalue weighted by atomic mass is 9.95. The minimum absolute atomic E-state index is 0.0128. The van der Waals surface area contributed by atoms with E-state index in [2.05, 4.69) is 4.98 Å². The van der Waals surface area contributed by atoms with Crippen LogP contribution in [0.25, 0.3) is 5.76 Å². The first-order chi connectivity index (χ1) is 19.0. The predicted molar refractivity (Wildman–Crippen MR) is 144 cm³/mol.